The molecule has 4 nitrogen and oxygen atoms in total. The van der Waals surface area contributed by atoms with Crippen LogP contribution in [0.5, 0.6) is 0 Å². The molecule has 1 fully saturated rings. The van der Waals surface area contributed by atoms with E-state index in [0.29, 0.717) is 18.6 Å². The average Bonchev–Trinajstić information content (AvgIpc) is 2.43. The van der Waals surface area contributed by atoms with Crippen LogP contribution in [0.3, 0.4) is 0 Å². The molecule has 0 saturated carbocycles. The molecule has 1 aromatic carbocycles. The molecule has 0 bridgehead atoms. The van der Waals surface area contributed by atoms with Crippen molar-refractivity contribution in [2.75, 3.05) is 17.0 Å². The van der Waals surface area contributed by atoms with Gasteiger partial charge in [0.1, 0.15) is 0 Å². The highest BCUT2D eigenvalue weighted by molar-refractivity contribution is 7.92. The molecule has 2 rings (SSSR count). The summed E-state index contributed by atoms with van der Waals surface area (Å²) in [4.78, 5) is 0. The third-order valence-electron chi connectivity index (χ3n) is 3.40. The third kappa shape index (κ3) is 4.60. The summed E-state index contributed by atoms with van der Waals surface area (Å²) in [5, 5.41) is 3.22. The molecule has 0 aliphatic carbocycles. The van der Waals surface area contributed by atoms with E-state index in [1.54, 1.807) is 0 Å². The Kier molecular flexibility index (Phi) is 5.10. The SMILES string of the molecule is O=S(=O)(CCC1CCCCN1)Nc1cc(F)c(F)c(F)c1. The van der Waals surface area contributed by atoms with Crippen LogP contribution in [0.25, 0.3) is 0 Å². The Hall–Kier alpha value is -1.28. The highest BCUT2D eigenvalue weighted by atomic mass is 32.2. The highest BCUT2D eigenvalue weighted by Gasteiger charge is 2.19. The molecule has 118 valence electrons. The van der Waals surface area contributed by atoms with E-state index in [-0.39, 0.29) is 17.5 Å². The maximum absolute atomic E-state index is 13.0. The van der Waals surface area contributed by atoms with Gasteiger partial charge < -0.3 is 5.32 Å². The number of hydrogen-bond donors (Lipinski definition) is 2. The van der Waals surface area contributed by atoms with Crippen LogP contribution in [-0.4, -0.2) is 26.8 Å². The molecule has 0 radical (unpaired) electrons. The van der Waals surface area contributed by atoms with Crippen molar-refractivity contribution in [1.29, 1.82) is 0 Å². The zero-order chi connectivity index (χ0) is 15.5. The second kappa shape index (κ2) is 6.65. The third-order valence-corrected chi connectivity index (χ3v) is 4.72. The van der Waals surface area contributed by atoms with Gasteiger partial charge in [-0.1, -0.05) is 6.42 Å². The lowest BCUT2D eigenvalue weighted by Gasteiger charge is -2.23. The van der Waals surface area contributed by atoms with E-state index < -0.39 is 27.5 Å². The van der Waals surface area contributed by atoms with Crippen LogP contribution in [0.15, 0.2) is 12.1 Å². The Morgan fingerprint density at radius 2 is 1.86 bits per heavy atom. The van der Waals surface area contributed by atoms with Crippen molar-refractivity contribution in [1.82, 2.24) is 5.32 Å². The van der Waals surface area contributed by atoms with Crippen molar-refractivity contribution in [2.24, 2.45) is 0 Å². The summed E-state index contributed by atoms with van der Waals surface area (Å²) in [5.74, 6) is -4.64. The summed E-state index contributed by atoms with van der Waals surface area (Å²) in [5.41, 5.74) is -0.317. The van der Waals surface area contributed by atoms with Gasteiger partial charge in [0.15, 0.2) is 17.5 Å². The van der Waals surface area contributed by atoms with Crippen LogP contribution in [0.1, 0.15) is 25.7 Å². The lowest BCUT2D eigenvalue weighted by molar-refractivity contribution is 0.393. The molecule has 0 spiro atoms. The Bertz CT molecular complexity index is 578. The predicted octanol–water partition coefficient (Wildman–Crippen LogP) is 2.38. The van der Waals surface area contributed by atoms with Crippen molar-refractivity contribution in [3.8, 4) is 0 Å². The van der Waals surface area contributed by atoms with E-state index in [1.165, 1.54) is 0 Å². The van der Waals surface area contributed by atoms with Crippen molar-refractivity contribution in [2.45, 2.75) is 31.7 Å². The summed E-state index contributed by atoms with van der Waals surface area (Å²) in [6.45, 7) is 0.868. The number of anilines is 1. The lowest BCUT2D eigenvalue weighted by atomic mass is 10.0. The molecule has 1 aliphatic rings. The van der Waals surface area contributed by atoms with Gasteiger partial charge in [-0.05, 0) is 25.8 Å². The molecule has 1 saturated heterocycles. The standard InChI is InChI=1S/C13H17F3N2O2S/c14-11-7-10(8-12(15)13(11)16)18-21(19,20)6-4-9-3-1-2-5-17-9/h7-9,17-18H,1-6H2. The Morgan fingerprint density at radius 3 is 2.43 bits per heavy atom. The van der Waals surface area contributed by atoms with Gasteiger partial charge in [0.25, 0.3) is 0 Å². The molecule has 2 N–H and O–H groups in total. The van der Waals surface area contributed by atoms with Crippen molar-refractivity contribution in [3.63, 3.8) is 0 Å². The maximum Gasteiger partial charge on any atom is 0.232 e. The van der Waals surface area contributed by atoms with Crippen molar-refractivity contribution >= 4 is 15.7 Å². The number of hydrogen-bond acceptors (Lipinski definition) is 3. The molecule has 1 aromatic rings. The molecule has 1 heterocycles. The van der Waals surface area contributed by atoms with E-state index in [1.807, 2.05) is 0 Å². The van der Waals surface area contributed by atoms with Crippen LogP contribution < -0.4 is 10.0 Å². The monoisotopic (exact) mass is 322 g/mol. The zero-order valence-electron chi connectivity index (χ0n) is 11.3. The quantitative estimate of drug-likeness (QED) is 0.818. The van der Waals surface area contributed by atoms with E-state index >= 15 is 0 Å². The highest BCUT2D eigenvalue weighted by Crippen LogP contribution is 2.19. The number of piperidine rings is 1. The number of sulfonamides is 1. The average molecular weight is 322 g/mol. The van der Waals surface area contributed by atoms with Gasteiger partial charge in [0.05, 0.1) is 11.4 Å². The molecule has 1 atom stereocenters. The summed E-state index contributed by atoms with van der Waals surface area (Å²) in [6.07, 6.45) is 3.46. The minimum absolute atomic E-state index is 0.136. The molecule has 8 heteroatoms. The van der Waals surface area contributed by atoms with E-state index in [2.05, 4.69) is 10.0 Å². The lowest BCUT2D eigenvalue weighted by Crippen LogP contribution is -2.36. The van der Waals surface area contributed by atoms with Gasteiger partial charge in [0.2, 0.25) is 10.0 Å². The van der Waals surface area contributed by atoms with Crippen LogP contribution in [-0.2, 0) is 10.0 Å². The zero-order valence-corrected chi connectivity index (χ0v) is 12.1. The first kappa shape index (κ1) is 16.1. The largest absolute Gasteiger partial charge is 0.314 e. The van der Waals surface area contributed by atoms with E-state index in [4.69, 9.17) is 0 Å². The first-order valence-electron chi connectivity index (χ1n) is 6.76. The van der Waals surface area contributed by atoms with Gasteiger partial charge in [-0.25, -0.2) is 21.6 Å². The first-order valence-corrected chi connectivity index (χ1v) is 8.41. The molecule has 1 unspecified atom stereocenters. The van der Waals surface area contributed by atoms with Gasteiger partial charge in [-0.2, -0.15) is 0 Å². The summed E-state index contributed by atoms with van der Waals surface area (Å²) in [6, 6.07) is 1.38. The van der Waals surface area contributed by atoms with E-state index in [0.717, 1.165) is 25.8 Å². The molecule has 0 amide bonds. The van der Waals surface area contributed by atoms with Crippen LogP contribution >= 0.6 is 0 Å². The van der Waals surface area contributed by atoms with Gasteiger partial charge in [-0.3, -0.25) is 4.72 Å². The van der Waals surface area contributed by atoms with Crippen LogP contribution in [0.2, 0.25) is 0 Å². The minimum Gasteiger partial charge on any atom is -0.314 e. The second-order valence-corrected chi connectivity index (χ2v) is 6.95. The summed E-state index contributed by atoms with van der Waals surface area (Å²) >= 11 is 0. The number of benzene rings is 1. The number of nitrogens with one attached hydrogen (secondary N) is 2. The molecular weight excluding hydrogens is 305 g/mol. The van der Waals surface area contributed by atoms with Crippen molar-refractivity contribution in [3.05, 3.63) is 29.6 Å². The number of rotatable bonds is 5. The topological polar surface area (TPSA) is 58.2 Å². The first-order chi connectivity index (χ1) is 9.87. The summed E-state index contributed by atoms with van der Waals surface area (Å²) < 4.78 is 64.7. The van der Waals surface area contributed by atoms with Crippen LogP contribution in [0, 0.1) is 17.5 Å². The fourth-order valence-corrected chi connectivity index (χ4v) is 3.49. The molecule has 1 aliphatic heterocycles. The normalized spacial score (nSPS) is 19.5. The van der Waals surface area contributed by atoms with Crippen LogP contribution in [0.4, 0.5) is 18.9 Å². The van der Waals surface area contributed by atoms with E-state index in [9.17, 15) is 21.6 Å². The summed E-state index contributed by atoms with van der Waals surface area (Å²) in [7, 11) is -3.73. The molecule has 21 heavy (non-hydrogen) atoms. The number of halogens is 3. The van der Waals surface area contributed by atoms with Crippen molar-refractivity contribution < 1.29 is 21.6 Å². The minimum atomic E-state index is -3.73. The smallest absolute Gasteiger partial charge is 0.232 e. The Morgan fingerprint density at radius 1 is 1.19 bits per heavy atom. The Labute approximate surface area is 121 Å². The predicted molar refractivity (Wildman–Crippen MR) is 74.0 cm³/mol. The van der Waals surface area contributed by atoms with Gasteiger partial charge >= 0.3 is 0 Å². The fourth-order valence-electron chi connectivity index (χ4n) is 2.31. The van der Waals surface area contributed by atoms with Gasteiger partial charge in [0, 0.05) is 18.2 Å². The second-order valence-electron chi connectivity index (χ2n) is 5.11. The fraction of sp³-hybridized carbons (Fsp3) is 0.538. The molecular formula is C13H17F3N2O2S. The Balaban J connectivity index is 1.97. The molecule has 0 aromatic heterocycles. The maximum atomic E-state index is 13.0. The van der Waals surface area contributed by atoms with Gasteiger partial charge in [-0.15, -0.1) is 0 Å².